The van der Waals surface area contributed by atoms with Gasteiger partial charge >= 0.3 is 0 Å². The third-order valence-electron chi connectivity index (χ3n) is 5.12. The molecule has 0 unspecified atom stereocenters. The summed E-state index contributed by atoms with van der Waals surface area (Å²) in [4.78, 5) is 0. The van der Waals surface area contributed by atoms with Gasteiger partial charge in [0.15, 0.2) is 5.82 Å². The molecule has 6 heteroatoms. The number of aromatic nitrogens is 4. The minimum Gasteiger partial charge on any atom is -0.496 e. The Hall–Kier alpha value is -2.92. The van der Waals surface area contributed by atoms with E-state index in [0.717, 1.165) is 21.9 Å². The molecule has 5 nitrogen and oxygen atoms in total. The highest BCUT2D eigenvalue weighted by Gasteiger charge is 2.38. The van der Waals surface area contributed by atoms with Crippen LogP contribution in [0, 0.1) is 0 Å². The Morgan fingerprint density at radius 3 is 2.73 bits per heavy atom. The molecule has 0 aliphatic heterocycles. The topological polar surface area (TPSA) is 63.7 Å². The number of ether oxygens (including phenoxy) is 1. The van der Waals surface area contributed by atoms with E-state index in [1.807, 2.05) is 24.3 Å². The first-order chi connectivity index (χ1) is 12.7. The molecular weight excluding hydrogens is 348 g/mol. The van der Waals surface area contributed by atoms with Gasteiger partial charge in [0.25, 0.3) is 0 Å². The Morgan fingerprint density at radius 1 is 1.12 bits per heavy atom. The van der Waals surface area contributed by atoms with Gasteiger partial charge in [0, 0.05) is 22.6 Å². The molecule has 0 saturated heterocycles. The molecule has 26 heavy (non-hydrogen) atoms. The Kier molecular flexibility index (Phi) is 3.27. The van der Waals surface area contributed by atoms with Gasteiger partial charge in [0.1, 0.15) is 5.75 Å². The minimum atomic E-state index is 0.641. The Bertz CT molecular complexity index is 1110. The average molecular weight is 363 g/mol. The van der Waals surface area contributed by atoms with Crippen molar-refractivity contribution in [3.8, 4) is 5.75 Å². The van der Waals surface area contributed by atoms with E-state index in [4.69, 9.17) is 16.3 Å². The van der Waals surface area contributed by atoms with Crippen molar-refractivity contribution in [3.05, 3.63) is 75.1 Å². The summed E-state index contributed by atoms with van der Waals surface area (Å²) in [5.74, 6) is 1.55. The lowest BCUT2D eigenvalue weighted by Gasteiger charge is -2.19. The quantitative estimate of drug-likeness (QED) is 0.756. The van der Waals surface area contributed by atoms with Gasteiger partial charge in [0.2, 0.25) is 0 Å². The summed E-state index contributed by atoms with van der Waals surface area (Å²) >= 11 is 6.26. The Morgan fingerprint density at radius 2 is 2.00 bits per heavy atom. The van der Waals surface area contributed by atoms with Crippen molar-refractivity contribution in [2.45, 2.75) is 13.3 Å². The first kappa shape index (κ1) is 15.3. The third-order valence-corrected chi connectivity index (χ3v) is 5.36. The highest BCUT2D eigenvalue weighted by atomic mass is 35.5. The molecule has 2 aliphatic rings. The van der Waals surface area contributed by atoms with Gasteiger partial charge in [-0.15, -0.1) is 10.2 Å². The molecule has 0 spiro atoms. The zero-order valence-corrected chi connectivity index (χ0v) is 15.1. The number of methoxy groups -OCH3 is 1. The highest BCUT2D eigenvalue weighted by Crippen LogP contribution is 2.58. The molecule has 0 saturated carbocycles. The summed E-state index contributed by atoms with van der Waals surface area (Å²) in [5, 5.41) is 15.2. The zero-order valence-electron chi connectivity index (χ0n) is 14.3. The lowest BCUT2D eigenvalue weighted by molar-refractivity contribution is 0.413. The Labute approximate surface area is 155 Å². The lowest BCUT2D eigenvalue weighted by Crippen LogP contribution is -2.02. The Balaban J connectivity index is 1.77. The smallest absolute Gasteiger partial charge is 0.178 e. The molecule has 0 radical (unpaired) electrons. The second-order valence-corrected chi connectivity index (χ2v) is 6.87. The van der Waals surface area contributed by atoms with Crippen LogP contribution in [0.3, 0.4) is 0 Å². The van der Waals surface area contributed by atoms with Gasteiger partial charge in [0.05, 0.1) is 7.11 Å². The summed E-state index contributed by atoms with van der Waals surface area (Å²) in [6, 6.07) is 12.2. The van der Waals surface area contributed by atoms with Crippen LogP contribution in [0.5, 0.6) is 5.75 Å². The molecule has 0 amide bonds. The molecule has 3 aromatic rings. The van der Waals surface area contributed by atoms with Crippen molar-refractivity contribution in [3.63, 3.8) is 0 Å². The highest BCUT2D eigenvalue weighted by molar-refractivity contribution is 6.31. The number of tetrazole rings is 1. The number of nitrogens with one attached hydrogen (secondary N) is 1. The third kappa shape index (κ3) is 2.01. The first-order valence-electron chi connectivity index (χ1n) is 8.33. The van der Waals surface area contributed by atoms with Crippen LogP contribution in [0.2, 0.25) is 5.02 Å². The van der Waals surface area contributed by atoms with Gasteiger partial charge in [-0.05, 0) is 58.5 Å². The van der Waals surface area contributed by atoms with Crippen molar-refractivity contribution in [2.75, 3.05) is 7.11 Å². The van der Waals surface area contributed by atoms with E-state index < -0.39 is 0 Å². The fraction of sp³-hybridized carbons (Fsp3) is 0.150. The number of aromatic amines is 1. The second kappa shape index (κ2) is 5.54. The maximum absolute atomic E-state index is 6.26. The van der Waals surface area contributed by atoms with Crippen LogP contribution < -0.4 is 4.74 Å². The number of H-pyrrole nitrogens is 1. The zero-order chi connectivity index (χ0) is 17.8. The van der Waals surface area contributed by atoms with Crippen LogP contribution >= 0.6 is 11.6 Å². The van der Waals surface area contributed by atoms with Gasteiger partial charge in [-0.1, -0.05) is 35.0 Å². The lowest BCUT2D eigenvalue weighted by atomic mass is 9.87. The van der Waals surface area contributed by atoms with Crippen molar-refractivity contribution in [1.82, 2.24) is 20.6 Å². The molecule has 1 aromatic heterocycles. The summed E-state index contributed by atoms with van der Waals surface area (Å²) < 4.78 is 5.69. The van der Waals surface area contributed by atoms with E-state index in [2.05, 4.69) is 39.7 Å². The largest absolute Gasteiger partial charge is 0.496 e. The summed E-state index contributed by atoms with van der Waals surface area (Å²) in [7, 11) is 1.71. The van der Waals surface area contributed by atoms with E-state index in [9.17, 15) is 0 Å². The fourth-order valence-electron chi connectivity index (χ4n) is 4.08. The van der Waals surface area contributed by atoms with E-state index >= 15 is 0 Å². The van der Waals surface area contributed by atoms with Crippen LogP contribution in [0.4, 0.5) is 0 Å². The predicted octanol–water partition coefficient (Wildman–Crippen LogP) is 4.16. The van der Waals surface area contributed by atoms with E-state index in [1.165, 1.54) is 33.4 Å². The number of halogens is 1. The number of rotatable bonds is 4. The van der Waals surface area contributed by atoms with Crippen LogP contribution in [0.25, 0.3) is 16.7 Å². The molecule has 2 aromatic carbocycles. The van der Waals surface area contributed by atoms with Crippen LogP contribution in [-0.4, -0.2) is 27.7 Å². The van der Waals surface area contributed by atoms with Crippen molar-refractivity contribution >= 4 is 28.3 Å². The molecule has 4 bridgehead atoms. The average Bonchev–Trinajstić information content (AvgIpc) is 3.29. The second-order valence-electron chi connectivity index (χ2n) is 6.43. The van der Waals surface area contributed by atoms with E-state index in [0.29, 0.717) is 12.2 Å². The normalized spacial score (nSPS) is 14.6. The molecular formula is C20H15ClN4O. The van der Waals surface area contributed by atoms with Crippen molar-refractivity contribution in [1.29, 1.82) is 0 Å². The molecule has 0 fully saturated rings. The summed E-state index contributed by atoms with van der Waals surface area (Å²) in [6.07, 6.45) is 0.641. The maximum Gasteiger partial charge on any atom is 0.178 e. The van der Waals surface area contributed by atoms with Gasteiger partial charge in [-0.25, -0.2) is 0 Å². The number of benzene rings is 2. The van der Waals surface area contributed by atoms with Gasteiger partial charge < -0.3 is 4.74 Å². The van der Waals surface area contributed by atoms with Crippen LogP contribution in [-0.2, 0) is 6.42 Å². The fourth-order valence-corrected chi connectivity index (χ4v) is 4.27. The molecule has 128 valence electrons. The maximum atomic E-state index is 6.26. The van der Waals surface area contributed by atoms with Crippen molar-refractivity contribution in [2.24, 2.45) is 0 Å². The number of hydrogen-bond donors (Lipinski definition) is 1. The predicted molar refractivity (Wildman–Crippen MR) is 101 cm³/mol. The monoisotopic (exact) mass is 362 g/mol. The first-order valence-corrected chi connectivity index (χ1v) is 8.71. The molecule has 1 heterocycles. The molecule has 0 atom stereocenters. The number of allylic oxidation sites excluding steroid dienone is 3. The van der Waals surface area contributed by atoms with Gasteiger partial charge in [-0.2, -0.15) is 5.21 Å². The van der Waals surface area contributed by atoms with Crippen molar-refractivity contribution < 1.29 is 4.74 Å². The summed E-state index contributed by atoms with van der Waals surface area (Å²) in [6.45, 7) is 2.16. The van der Waals surface area contributed by atoms with E-state index in [1.54, 1.807) is 7.11 Å². The number of nitrogens with zero attached hydrogens (tertiary/aromatic N) is 3. The minimum absolute atomic E-state index is 0.641. The summed E-state index contributed by atoms with van der Waals surface area (Å²) in [5.41, 5.74) is 9.62. The SMILES string of the molecule is COc1ccc2c3c1C(c1cccc(Cl)c1)=C2C(C)=C3Cc1nn[nH]n1. The van der Waals surface area contributed by atoms with E-state index in [-0.39, 0.29) is 0 Å². The molecule has 1 N–H and O–H groups in total. The van der Waals surface area contributed by atoms with Crippen LogP contribution in [0.15, 0.2) is 42.0 Å². The van der Waals surface area contributed by atoms with Gasteiger partial charge in [-0.3, -0.25) is 0 Å². The molecule has 2 aliphatic carbocycles. The number of hydrogen-bond acceptors (Lipinski definition) is 4. The molecule has 5 rings (SSSR count). The standard InChI is InChI=1S/C20H15ClN4O/c1-10-14(9-16-22-24-25-23-16)19-13-6-7-15(26-2)20(19)18(17(10)13)11-4-3-5-12(21)8-11/h3-8H,9H2,1-2H3,(H,22,23,24,25). The van der Waals surface area contributed by atoms with Crippen LogP contribution in [0.1, 0.15) is 35.0 Å².